The van der Waals surface area contributed by atoms with Gasteiger partial charge in [0.05, 0.1) is 27.7 Å². The molecule has 0 aliphatic rings. The van der Waals surface area contributed by atoms with Crippen LogP contribution in [0.1, 0.15) is 373 Å². The molecule has 0 aromatic heterocycles. The Labute approximate surface area is 546 Å². The minimum atomic E-state index is -4.39. The molecule has 516 valence electrons. The second-order valence-corrected chi connectivity index (χ2v) is 28.5. The number of hydrogen-bond donors (Lipinski definition) is 1. The van der Waals surface area contributed by atoms with E-state index >= 15 is 0 Å². The quantitative estimate of drug-likeness (QED) is 0.0211. The summed E-state index contributed by atoms with van der Waals surface area (Å²) in [4.78, 5) is 35.9. The van der Waals surface area contributed by atoms with Gasteiger partial charge in [-0.1, -0.05) is 338 Å². The lowest BCUT2D eigenvalue weighted by molar-refractivity contribution is -0.870. The Hall–Kier alpha value is -2.29. The van der Waals surface area contributed by atoms with Crippen molar-refractivity contribution in [2.45, 2.75) is 380 Å². The molecule has 0 heterocycles. The van der Waals surface area contributed by atoms with E-state index in [0.717, 1.165) is 51.4 Å². The van der Waals surface area contributed by atoms with Crippen LogP contribution in [-0.4, -0.2) is 74.9 Å². The van der Waals surface area contributed by atoms with Crippen molar-refractivity contribution >= 4 is 19.8 Å². The normalized spacial score (nSPS) is 13.4. The highest BCUT2D eigenvalue weighted by Gasteiger charge is 2.27. The number of likely N-dealkylation sites (N-methyl/N-ethyl adjacent to an activating group) is 1. The highest BCUT2D eigenvalue weighted by Crippen LogP contribution is 2.43. The summed E-state index contributed by atoms with van der Waals surface area (Å²) in [5.74, 6) is -0.782. The van der Waals surface area contributed by atoms with Crippen molar-refractivity contribution in [3.63, 3.8) is 0 Å². The number of phosphoric ester groups is 1. The largest absolute Gasteiger partial charge is 0.472 e. The van der Waals surface area contributed by atoms with Gasteiger partial charge in [-0.15, -0.1) is 0 Å². The molecule has 88 heavy (non-hydrogen) atoms. The molecule has 10 heteroatoms. The molecular weight excluding hydrogens is 1110 g/mol. The van der Waals surface area contributed by atoms with Crippen LogP contribution in [0.4, 0.5) is 0 Å². The molecule has 0 aromatic rings. The molecule has 0 aromatic carbocycles. The van der Waals surface area contributed by atoms with Crippen LogP contribution < -0.4 is 0 Å². The van der Waals surface area contributed by atoms with Crippen LogP contribution in [0.15, 0.2) is 60.8 Å². The number of carbonyl (C=O) groups excluding carboxylic acids is 2. The van der Waals surface area contributed by atoms with Gasteiger partial charge in [0.15, 0.2) is 6.10 Å². The molecule has 9 nitrogen and oxygen atoms in total. The van der Waals surface area contributed by atoms with Crippen molar-refractivity contribution in [3.05, 3.63) is 60.8 Å². The Morgan fingerprint density at radius 1 is 0.352 bits per heavy atom. The lowest BCUT2D eigenvalue weighted by Crippen LogP contribution is -2.37. The van der Waals surface area contributed by atoms with Gasteiger partial charge in [-0.25, -0.2) is 4.57 Å². The van der Waals surface area contributed by atoms with E-state index in [1.807, 2.05) is 21.1 Å². The lowest BCUT2D eigenvalue weighted by atomic mass is 10.0. The topological polar surface area (TPSA) is 108 Å². The zero-order valence-corrected chi connectivity index (χ0v) is 59.9. The molecule has 0 saturated carbocycles. The van der Waals surface area contributed by atoms with Crippen molar-refractivity contribution < 1.29 is 42.1 Å². The Morgan fingerprint density at radius 2 is 0.614 bits per heavy atom. The Morgan fingerprint density at radius 3 is 0.909 bits per heavy atom. The fourth-order valence-corrected chi connectivity index (χ4v) is 11.9. The van der Waals surface area contributed by atoms with Crippen LogP contribution in [0, 0.1) is 0 Å². The lowest BCUT2D eigenvalue weighted by Gasteiger charge is -2.24. The number of nitrogens with zero attached hydrogens (tertiary/aromatic N) is 1. The van der Waals surface area contributed by atoms with Gasteiger partial charge in [0.2, 0.25) is 0 Å². The van der Waals surface area contributed by atoms with Crippen LogP contribution in [0.2, 0.25) is 0 Å². The predicted molar refractivity (Wildman–Crippen MR) is 381 cm³/mol. The first-order chi connectivity index (χ1) is 43.0. The summed E-state index contributed by atoms with van der Waals surface area (Å²) in [6.07, 6.45) is 92.1. The highest BCUT2D eigenvalue weighted by atomic mass is 31.2. The number of allylic oxidation sites excluding steroid dienone is 10. The van der Waals surface area contributed by atoms with Gasteiger partial charge in [0.25, 0.3) is 0 Å². The summed E-state index contributed by atoms with van der Waals surface area (Å²) in [5, 5.41) is 0. The van der Waals surface area contributed by atoms with E-state index in [-0.39, 0.29) is 32.0 Å². The molecule has 0 radical (unpaired) electrons. The van der Waals surface area contributed by atoms with Gasteiger partial charge in [-0.2, -0.15) is 0 Å². The molecule has 0 saturated heterocycles. The maximum Gasteiger partial charge on any atom is 0.472 e. The third-order valence-corrected chi connectivity index (χ3v) is 18.0. The highest BCUT2D eigenvalue weighted by molar-refractivity contribution is 7.47. The molecule has 0 aliphatic carbocycles. The molecule has 0 spiro atoms. The van der Waals surface area contributed by atoms with Gasteiger partial charge in [0, 0.05) is 12.8 Å². The number of hydrogen-bond acceptors (Lipinski definition) is 7. The van der Waals surface area contributed by atoms with Crippen molar-refractivity contribution in [2.75, 3.05) is 47.5 Å². The third kappa shape index (κ3) is 72.8. The molecule has 2 atom stereocenters. The zero-order chi connectivity index (χ0) is 64.1. The number of rotatable bonds is 71. The first-order valence-corrected chi connectivity index (χ1v) is 39.5. The number of ether oxygens (including phenoxy) is 2. The Kier molecular flexibility index (Phi) is 67.3. The second kappa shape index (κ2) is 69.1. The monoisotopic (exact) mass is 1260 g/mol. The van der Waals surface area contributed by atoms with Gasteiger partial charge in [0.1, 0.15) is 19.8 Å². The number of quaternary nitrogens is 1. The smallest absolute Gasteiger partial charge is 0.462 e. The van der Waals surface area contributed by atoms with Gasteiger partial charge < -0.3 is 18.9 Å². The van der Waals surface area contributed by atoms with Crippen molar-refractivity contribution in [3.8, 4) is 0 Å². The summed E-state index contributed by atoms with van der Waals surface area (Å²) in [6, 6.07) is 0. The molecule has 0 fully saturated rings. The van der Waals surface area contributed by atoms with Crippen LogP contribution in [-0.2, 0) is 32.7 Å². The van der Waals surface area contributed by atoms with Gasteiger partial charge >= 0.3 is 19.8 Å². The molecule has 0 aliphatic heterocycles. The van der Waals surface area contributed by atoms with Crippen LogP contribution in [0.5, 0.6) is 0 Å². The summed E-state index contributed by atoms with van der Waals surface area (Å²) in [6.45, 7) is 4.47. The summed E-state index contributed by atoms with van der Waals surface area (Å²) < 4.78 is 34.8. The van der Waals surface area contributed by atoms with Crippen LogP contribution in [0.3, 0.4) is 0 Å². The molecule has 1 N–H and O–H groups in total. The van der Waals surface area contributed by atoms with Crippen LogP contribution in [0.25, 0.3) is 0 Å². The minimum absolute atomic E-state index is 0.0327. The third-order valence-electron chi connectivity index (χ3n) is 17.0. The summed E-state index contributed by atoms with van der Waals surface area (Å²) in [5.41, 5.74) is 0. The summed E-state index contributed by atoms with van der Waals surface area (Å²) in [7, 11) is 1.49. The number of esters is 2. The van der Waals surface area contributed by atoms with Gasteiger partial charge in [-0.3, -0.25) is 18.6 Å². The standard InChI is InChI=1S/C78H146NO8P/c1-6-8-10-12-14-16-18-20-22-24-26-28-30-31-32-33-34-35-36-37-38-39-40-41-42-43-44-45-46-47-49-51-53-55-57-59-61-63-65-67-69-71-78(81)87-76(75-86-88(82,83)85-73-72-79(3,4)5)74-84-77(80)70-68-66-64-62-60-58-56-54-52-50-48-29-27-25-23-21-19-17-15-13-11-9-7-2/h18-21,24-27,30-31,76H,6-17,22-23,28-29,32-75H2,1-5H3/p+1/b20-18-,21-19-,26-24-,27-25-,31-30-. The fourth-order valence-electron chi connectivity index (χ4n) is 11.2. The molecule has 2 unspecified atom stereocenters. The van der Waals surface area contributed by atoms with Crippen LogP contribution >= 0.6 is 7.82 Å². The SMILES string of the molecule is CCCCCCC/C=C\C/C=C\C/C=C\CCCCCCCCCCCCCCCCCCCCCCCCCCCCC(=O)OC(COC(=O)CCCCCCCCCCCCC/C=C\C/C=C\CCCCCCC)COP(=O)(O)OCC[N+](C)(C)C. The summed E-state index contributed by atoms with van der Waals surface area (Å²) >= 11 is 0. The average Bonchev–Trinajstić information content (AvgIpc) is 3.58. The van der Waals surface area contributed by atoms with Gasteiger partial charge in [-0.05, 0) is 83.5 Å². The molecule has 0 amide bonds. The van der Waals surface area contributed by atoms with E-state index in [1.165, 1.54) is 289 Å². The van der Waals surface area contributed by atoms with Crippen molar-refractivity contribution in [2.24, 2.45) is 0 Å². The first-order valence-electron chi connectivity index (χ1n) is 38.0. The number of phosphoric acid groups is 1. The van der Waals surface area contributed by atoms with E-state index < -0.39 is 26.5 Å². The van der Waals surface area contributed by atoms with Crippen molar-refractivity contribution in [1.29, 1.82) is 0 Å². The molecular formula is C78H147NO8P+. The Bertz CT molecular complexity index is 1670. The zero-order valence-electron chi connectivity index (χ0n) is 59.0. The van der Waals surface area contributed by atoms with Crippen molar-refractivity contribution in [1.82, 2.24) is 0 Å². The van der Waals surface area contributed by atoms with E-state index in [0.29, 0.717) is 17.4 Å². The maximum absolute atomic E-state index is 12.9. The fraction of sp³-hybridized carbons (Fsp3) is 0.846. The van der Waals surface area contributed by atoms with E-state index in [2.05, 4.69) is 74.6 Å². The average molecular weight is 1260 g/mol. The number of unbranched alkanes of at least 4 members (excludes halogenated alkanes) is 47. The van der Waals surface area contributed by atoms with E-state index in [1.54, 1.807) is 0 Å². The first kappa shape index (κ1) is 85.7. The van der Waals surface area contributed by atoms with E-state index in [4.69, 9.17) is 18.5 Å². The molecule has 0 bridgehead atoms. The minimum Gasteiger partial charge on any atom is -0.462 e. The Balaban J connectivity index is 3.90. The van der Waals surface area contributed by atoms with E-state index in [9.17, 15) is 19.0 Å². The molecule has 0 rings (SSSR count). The maximum atomic E-state index is 12.9. The number of carbonyl (C=O) groups is 2. The predicted octanol–water partition coefficient (Wildman–Crippen LogP) is 24.9. The second-order valence-electron chi connectivity index (χ2n) is 27.0.